The maximum Gasteiger partial charge on any atom is 0.306 e. The quantitative estimate of drug-likeness (QED) is 0.759. The lowest BCUT2D eigenvalue weighted by Crippen LogP contribution is -2.33. The Bertz CT molecular complexity index is 244. The molecule has 2 rings (SSSR count). The van der Waals surface area contributed by atoms with Gasteiger partial charge in [0.25, 0.3) is 0 Å². The standard InChI is InChI=1S/C12H21NO2/c1-2-13-8-7-12(9-13)5-3-10(4-6-12)11(14)15/h10H,2-9H2,1H3,(H,14,15). The highest BCUT2D eigenvalue weighted by Crippen LogP contribution is 2.45. The van der Waals surface area contributed by atoms with Gasteiger partial charge in [0, 0.05) is 6.54 Å². The molecular formula is C12H21NO2. The zero-order valence-electron chi connectivity index (χ0n) is 9.54. The van der Waals surface area contributed by atoms with E-state index in [1.54, 1.807) is 0 Å². The molecule has 0 aromatic heterocycles. The molecule has 1 saturated carbocycles. The lowest BCUT2D eigenvalue weighted by atomic mass is 9.70. The number of rotatable bonds is 2. The summed E-state index contributed by atoms with van der Waals surface area (Å²) in [5, 5.41) is 8.96. The summed E-state index contributed by atoms with van der Waals surface area (Å²) in [6.45, 7) is 5.77. The van der Waals surface area contributed by atoms with Crippen LogP contribution in [-0.4, -0.2) is 35.6 Å². The van der Waals surface area contributed by atoms with Crippen LogP contribution in [0.5, 0.6) is 0 Å². The summed E-state index contributed by atoms with van der Waals surface area (Å²) in [5.74, 6) is -0.651. The first kappa shape index (κ1) is 10.9. The molecule has 2 aliphatic rings. The third-order valence-corrected chi connectivity index (χ3v) is 4.36. The van der Waals surface area contributed by atoms with Crippen LogP contribution in [0.4, 0.5) is 0 Å². The molecule has 1 aliphatic carbocycles. The minimum atomic E-state index is -0.588. The highest BCUT2D eigenvalue weighted by Gasteiger charge is 2.41. The van der Waals surface area contributed by atoms with Crippen LogP contribution in [0.25, 0.3) is 0 Å². The molecule has 2 fully saturated rings. The first-order chi connectivity index (χ1) is 7.15. The maximum atomic E-state index is 10.9. The minimum absolute atomic E-state index is 0.0636. The highest BCUT2D eigenvalue weighted by molar-refractivity contribution is 5.70. The molecule has 0 aromatic carbocycles. The first-order valence-corrected chi connectivity index (χ1v) is 6.10. The van der Waals surface area contributed by atoms with Crippen LogP contribution >= 0.6 is 0 Å². The van der Waals surface area contributed by atoms with Gasteiger partial charge in [-0.25, -0.2) is 0 Å². The van der Waals surface area contributed by atoms with Gasteiger partial charge in [0.05, 0.1) is 5.92 Å². The van der Waals surface area contributed by atoms with Gasteiger partial charge in [-0.1, -0.05) is 6.92 Å². The fourth-order valence-electron chi connectivity index (χ4n) is 3.18. The molecule has 1 N–H and O–H groups in total. The van der Waals surface area contributed by atoms with E-state index in [9.17, 15) is 4.79 Å². The van der Waals surface area contributed by atoms with E-state index in [4.69, 9.17) is 5.11 Å². The van der Waals surface area contributed by atoms with Crippen LogP contribution in [-0.2, 0) is 4.79 Å². The molecule has 3 nitrogen and oxygen atoms in total. The van der Waals surface area contributed by atoms with E-state index < -0.39 is 5.97 Å². The topological polar surface area (TPSA) is 40.5 Å². The van der Waals surface area contributed by atoms with Crippen molar-refractivity contribution in [3.8, 4) is 0 Å². The average Bonchev–Trinajstić information content (AvgIpc) is 2.62. The summed E-state index contributed by atoms with van der Waals surface area (Å²) in [6, 6.07) is 0. The second-order valence-corrected chi connectivity index (χ2v) is 5.23. The number of hydrogen-bond acceptors (Lipinski definition) is 2. The SMILES string of the molecule is CCN1CCC2(CCC(C(=O)O)CC2)C1. The van der Waals surface area contributed by atoms with Crippen LogP contribution in [0, 0.1) is 11.3 Å². The monoisotopic (exact) mass is 211 g/mol. The number of nitrogens with zero attached hydrogens (tertiary/aromatic N) is 1. The predicted octanol–water partition coefficient (Wildman–Crippen LogP) is 1.97. The van der Waals surface area contributed by atoms with Crippen molar-refractivity contribution < 1.29 is 9.90 Å². The molecule has 0 radical (unpaired) electrons. The van der Waals surface area contributed by atoms with Gasteiger partial charge in [0.2, 0.25) is 0 Å². The Kier molecular flexibility index (Phi) is 3.01. The van der Waals surface area contributed by atoms with E-state index in [1.165, 1.54) is 19.5 Å². The molecular weight excluding hydrogens is 190 g/mol. The van der Waals surface area contributed by atoms with Crippen LogP contribution in [0.15, 0.2) is 0 Å². The van der Waals surface area contributed by atoms with Gasteiger partial charge in [0.1, 0.15) is 0 Å². The molecule has 0 bridgehead atoms. The highest BCUT2D eigenvalue weighted by atomic mass is 16.4. The Labute approximate surface area is 91.5 Å². The number of carboxylic acids is 1. The number of carboxylic acid groups (broad SMARTS) is 1. The molecule has 3 heteroatoms. The maximum absolute atomic E-state index is 10.9. The predicted molar refractivity (Wildman–Crippen MR) is 58.8 cm³/mol. The average molecular weight is 211 g/mol. The lowest BCUT2D eigenvalue weighted by Gasteiger charge is -2.35. The second kappa shape index (κ2) is 4.12. The van der Waals surface area contributed by atoms with Crippen molar-refractivity contribution in [3.63, 3.8) is 0 Å². The molecule has 15 heavy (non-hydrogen) atoms. The van der Waals surface area contributed by atoms with E-state index in [0.29, 0.717) is 5.41 Å². The van der Waals surface area contributed by atoms with Gasteiger partial charge in [-0.05, 0) is 50.6 Å². The van der Waals surface area contributed by atoms with Gasteiger partial charge in [-0.15, -0.1) is 0 Å². The minimum Gasteiger partial charge on any atom is -0.481 e. The van der Waals surface area contributed by atoms with Gasteiger partial charge in [0.15, 0.2) is 0 Å². The van der Waals surface area contributed by atoms with E-state index in [2.05, 4.69) is 11.8 Å². The smallest absolute Gasteiger partial charge is 0.306 e. The molecule has 0 atom stereocenters. The summed E-state index contributed by atoms with van der Waals surface area (Å²) < 4.78 is 0. The molecule has 1 saturated heterocycles. The van der Waals surface area contributed by atoms with E-state index in [0.717, 1.165) is 32.2 Å². The van der Waals surface area contributed by atoms with E-state index in [-0.39, 0.29) is 5.92 Å². The van der Waals surface area contributed by atoms with Gasteiger partial charge >= 0.3 is 5.97 Å². The van der Waals surface area contributed by atoms with Crippen LogP contribution < -0.4 is 0 Å². The molecule has 0 unspecified atom stereocenters. The van der Waals surface area contributed by atoms with Crippen LogP contribution in [0.1, 0.15) is 39.0 Å². The van der Waals surface area contributed by atoms with Crippen molar-refractivity contribution in [2.75, 3.05) is 19.6 Å². The first-order valence-electron chi connectivity index (χ1n) is 6.10. The largest absolute Gasteiger partial charge is 0.481 e. The van der Waals surface area contributed by atoms with Crippen molar-refractivity contribution in [2.45, 2.75) is 39.0 Å². The van der Waals surface area contributed by atoms with E-state index in [1.807, 2.05) is 0 Å². The fraction of sp³-hybridized carbons (Fsp3) is 0.917. The third-order valence-electron chi connectivity index (χ3n) is 4.36. The Morgan fingerprint density at radius 2 is 2.07 bits per heavy atom. The van der Waals surface area contributed by atoms with Crippen molar-refractivity contribution in [1.82, 2.24) is 4.90 Å². The molecule has 1 heterocycles. The number of carbonyl (C=O) groups is 1. The lowest BCUT2D eigenvalue weighted by molar-refractivity contribution is -0.143. The molecule has 0 amide bonds. The van der Waals surface area contributed by atoms with Gasteiger partial charge in [-0.2, -0.15) is 0 Å². The molecule has 86 valence electrons. The summed E-state index contributed by atoms with van der Waals surface area (Å²) >= 11 is 0. The van der Waals surface area contributed by atoms with Crippen molar-refractivity contribution in [2.24, 2.45) is 11.3 Å². The van der Waals surface area contributed by atoms with Gasteiger partial charge < -0.3 is 10.0 Å². The fourth-order valence-corrected chi connectivity index (χ4v) is 3.18. The number of hydrogen-bond donors (Lipinski definition) is 1. The molecule has 1 spiro atoms. The summed E-state index contributed by atoms with van der Waals surface area (Å²) in [7, 11) is 0. The summed E-state index contributed by atoms with van der Waals surface area (Å²) in [6.07, 6.45) is 5.33. The van der Waals surface area contributed by atoms with Crippen molar-refractivity contribution in [3.05, 3.63) is 0 Å². The van der Waals surface area contributed by atoms with Crippen molar-refractivity contribution in [1.29, 1.82) is 0 Å². The Morgan fingerprint density at radius 3 is 2.53 bits per heavy atom. The van der Waals surface area contributed by atoms with Gasteiger partial charge in [-0.3, -0.25) is 4.79 Å². The third kappa shape index (κ3) is 2.17. The number of aliphatic carboxylic acids is 1. The second-order valence-electron chi connectivity index (χ2n) is 5.23. The number of likely N-dealkylation sites (tertiary alicyclic amines) is 1. The molecule has 1 aliphatic heterocycles. The summed E-state index contributed by atoms with van der Waals surface area (Å²) in [5.41, 5.74) is 0.474. The normalized spacial score (nSPS) is 37.3. The molecule has 0 aromatic rings. The summed E-state index contributed by atoms with van der Waals surface area (Å²) in [4.78, 5) is 13.4. The Hall–Kier alpha value is -0.570. The van der Waals surface area contributed by atoms with Crippen molar-refractivity contribution >= 4 is 5.97 Å². The zero-order chi connectivity index (χ0) is 10.9. The Balaban J connectivity index is 1.90. The van der Waals surface area contributed by atoms with Crippen LogP contribution in [0.2, 0.25) is 0 Å². The Morgan fingerprint density at radius 1 is 1.40 bits per heavy atom. The zero-order valence-corrected chi connectivity index (χ0v) is 9.54. The van der Waals surface area contributed by atoms with E-state index >= 15 is 0 Å². The van der Waals surface area contributed by atoms with Crippen LogP contribution in [0.3, 0.4) is 0 Å².